The minimum Gasteiger partial charge on any atom is -0.458 e. The molecule has 0 unspecified atom stereocenters. The van der Waals surface area contributed by atoms with Crippen molar-refractivity contribution in [2.75, 3.05) is 13.2 Å². The van der Waals surface area contributed by atoms with Crippen molar-refractivity contribution in [1.82, 2.24) is 15.5 Å². The molecule has 0 radical (unpaired) electrons. The van der Waals surface area contributed by atoms with E-state index in [0.29, 0.717) is 5.56 Å². The van der Waals surface area contributed by atoms with Crippen LogP contribution in [-0.2, 0) is 23.9 Å². The number of aliphatic hydroxyl groups excluding tert-OH is 1. The van der Waals surface area contributed by atoms with E-state index in [9.17, 15) is 24.3 Å². The number of rotatable bonds is 12. The van der Waals surface area contributed by atoms with Gasteiger partial charge in [0.1, 0.15) is 30.3 Å². The van der Waals surface area contributed by atoms with E-state index in [0.717, 1.165) is 22.3 Å². The van der Waals surface area contributed by atoms with Gasteiger partial charge in [0.15, 0.2) is 0 Å². The predicted octanol–water partition coefficient (Wildman–Crippen LogP) is 5.35. The second-order valence-corrected chi connectivity index (χ2v) is 13.5. The number of esters is 1. The molecule has 0 saturated carbocycles. The first-order chi connectivity index (χ1) is 22.7. The van der Waals surface area contributed by atoms with Crippen LogP contribution < -0.4 is 10.6 Å². The summed E-state index contributed by atoms with van der Waals surface area (Å²) in [6.07, 6.45) is -0.792. The molecule has 0 fully saturated rings. The number of hydrogen-bond acceptors (Lipinski definition) is 7. The number of hydrogen-bond donors (Lipinski definition) is 3. The summed E-state index contributed by atoms with van der Waals surface area (Å²) in [7, 11) is 0. The lowest BCUT2D eigenvalue weighted by atomic mass is 9.98. The minimum absolute atomic E-state index is 0.0633. The number of fused-ring (bicyclic) bond motifs is 3. The topological polar surface area (TPSA) is 134 Å². The van der Waals surface area contributed by atoms with Crippen LogP contribution in [0.1, 0.15) is 77.1 Å². The van der Waals surface area contributed by atoms with Crippen LogP contribution in [0, 0.1) is 5.92 Å². The lowest BCUT2D eigenvalue weighted by Crippen LogP contribution is -2.58. The Morgan fingerprint density at radius 1 is 0.812 bits per heavy atom. The highest BCUT2D eigenvalue weighted by Crippen LogP contribution is 2.44. The molecule has 1 aliphatic carbocycles. The van der Waals surface area contributed by atoms with E-state index in [1.807, 2.05) is 48.5 Å². The monoisotopic (exact) mass is 657 g/mol. The zero-order chi connectivity index (χ0) is 35.2. The van der Waals surface area contributed by atoms with Gasteiger partial charge in [0.2, 0.25) is 11.8 Å². The standard InChI is InChI=1S/C38H47N3O7/c1-23(2)33(36(45)48-38(5,6)7)40-34(43)25(4)41(32(21-42)26-15-9-8-10-16-26)35(44)24(3)39-37(46)47-22-31-29-19-13-11-17-27(29)28-18-12-14-20-30(28)31/h8-20,23-25,31-33,42H,21-22H2,1-7H3,(H,39,46)(H,40,43)/t24-,25-,32-,33-/m0/s1. The number of carbonyl (C=O) groups is 4. The molecule has 0 saturated heterocycles. The maximum absolute atomic E-state index is 14.1. The predicted molar refractivity (Wildman–Crippen MR) is 183 cm³/mol. The van der Waals surface area contributed by atoms with Gasteiger partial charge < -0.3 is 30.1 Å². The van der Waals surface area contributed by atoms with Gasteiger partial charge in [-0.2, -0.15) is 0 Å². The average Bonchev–Trinajstić information content (AvgIpc) is 3.37. The fraction of sp³-hybridized carbons (Fsp3) is 0.421. The van der Waals surface area contributed by atoms with Crippen molar-refractivity contribution < 1.29 is 33.8 Å². The summed E-state index contributed by atoms with van der Waals surface area (Å²) in [6, 6.07) is 20.6. The lowest BCUT2D eigenvalue weighted by molar-refractivity contribution is -0.160. The number of ether oxygens (including phenoxy) is 2. The molecule has 3 aromatic rings. The molecule has 3 amide bonds. The first kappa shape index (κ1) is 36.1. The van der Waals surface area contributed by atoms with Crippen LogP contribution in [0.4, 0.5) is 4.79 Å². The molecule has 0 aliphatic heterocycles. The van der Waals surface area contributed by atoms with Gasteiger partial charge in [0.25, 0.3) is 0 Å². The molecule has 0 aromatic heterocycles. The summed E-state index contributed by atoms with van der Waals surface area (Å²) in [4.78, 5) is 55.1. The summed E-state index contributed by atoms with van der Waals surface area (Å²) >= 11 is 0. The van der Waals surface area contributed by atoms with Crippen LogP contribution >= 0.6 is 0 Å². The van der Waals surface area contributed by atoms with Crippen LogP contribution in [0.2, 0.25) is 0 Å². The van der Waals surface area contributed by atoms with Gasteiger partial charge >= 0.3 is 12.1 Å². The molecule has 3 N–H and O–H groups in total. The van der Waals surface area contributed by atoms with Gasteiger partial charge in [-0.05, 0) is 68.4 Å². The van der Waals surface area contributed by atoms with Crippen LogP contribution in [0.25, 0.3) is 11.1 Å². The maximum Gasteiger partial charge on any atom is 0.407 e. The van der Waals surface area contributed by atoms with Crippen LogP contribution in [0.3, 0.4) is 0 Å². The van der Waals surface area contributed by atoms with E-state index in [1.54, 1.807) is 65.0 Å². The fourth-order valence-electron chi connectivity index (χ4n) is 6.01. The molecule has 48 heavy (non-hydrogen) atoms. The largest absolute Gasteiger partial charge is 0.458 e. The van der Waals surface area contributed by atoms with Gasteiger partial charge in [-0.15, -0.1) is 0 Å². The SMILES string of the molecule is CC(C)[C@H](NC(=O)[C@H](C)N(C(=O)[C@H](C)NC(=O)OCC1c2ccccc2-c2ccccc21)[C@@H](CO)c1ccccc1)C(=O)OC(C)(C)C. The third-order valence-electron chi connectivity index (χ3n) is 8.42. The van der Waals surface area contributed by atoms with Gasteiger partial charge in [0, 0.05) is 5.92 Å². The Labute approximate surface area is 282 Å². The van der Waals surface area contributed by atoms with E-state index in [1.165, 1.54) is 18.7 Å². The average molecular weight is 658 g/mol. The summed E-state index contributed by atoms with van der Waals surface area (Å²) in [5.41, 5.74) is 4.13. The molecule has 1 aliphatic rings. The van der Waals surface area contributed by atoms with Crippen molar-refractivity contribution in [3.05, 3.63) is 95.6 Å². The number of carbonyl (C=O) groups excluding carboxylic acids is 4. The van der Waals surface area contributed by atoms with Gasteiger partial charge in [0.05, 0.1) is 12.6 Å². The van der Waals surface area contributed by atoms with E-state index in [-0.39, 0.29) is 18.4 Å². The van der Waals surface area contributed by atoms with E-state index < -0.39 is 60.3 Å². The molecule has 0 heterocycles. The zero-order valence-electron chi connectivity index (χ0n) is 28.7. The maximum atomic E-state index is 14.1. The van der Waals surface area contributed by atoms with Crippen molar-refractivity contribution in [2.24, 2.45) is 5.92 Å². The third-order valence-corrected chi connectivity index (χ3v) is 8.42. The Morgan fingerprint density at radius 2 is 1.35 bits per heavy atom. The van der Waals surface area contributed by atoms with Crippen LogP contribution in [0.5, 0.6) is 0 Å². The Kier molecular flexibility index (Phi) is 11.6. The number of alkyl carbamates (subject to hydrolysis) is 1. The second kappa shape index (κ2) is 15.5. The summed E-state index contributed by atoms with van der Waals surface area (Å²) in [5.74, 6) is -2.30. The van der Waals surface area contributed by atoms with E-state index in [2.05, 4.69) is 10.6 Å². The minimum atomic E-state index is -1.15. The van der Waals surface area contributed by atoms with Crippen LogP contribution in [0.15, 0.2) is 78.9 Å². The number of benzene rings is 3. The zero-order valence-corrected chi connectivity index (χ0v) is 28.7. The van der Waals surface area contributed by atoms with E-state index >= 15 is 0 Å². The second-order valence-electron chi connectivity index (χ2n) is 13.5. The Balaban J connectivity index is 1.51. The summed E-state index contributed by atoms with van der Waals surface area (Å²) < 4.78 is 11.2. The van der Waals surface area contributed by atoms with Gasteiger partial charge in [-0.25, -0.2) is 9.59 Å². The lowest BCUT2D eigenvalue weighted by Gasteiger charge is -2.37. The van der Waals surface area contributed by atoms with Gasteiger partial charge in [-0.3, -0.25) is 9.59 Å². The summed E-state index contributed by atoms with van der Waals surface area (Å²) in [5, 5.41) is 15.9. The van der Waals surface area contributed by atoms with Crippen molar-refractivity contribution in [2.45, 2.75) is 84.2 Å². The Morgan fingerprint density at radius 3 is 1.88 bits per heavy atom. The smallest absolute Gasteiger partial charge is 0.407 e. The molecule has 4 rings (SSSR count). The molecular formula is C38H47N3O7. The van der Waals surface area contributed by atoms with Gasteiger partial charge in [-0.1, -0.05) is 92.7 Å². The molecule has 10 heteroatoms. The van der Waals surface area contributed by atoms with E-state index in [4.69, 9.17) is 9.47 Å². The first-order valence-electron chi connectivity index (χ1n) is 16.4. The molecule has 4 atom stereocenters. The molecule has 0 spiro atoms. The highest BCUT2D eigenvalue weighted by molar-refractivity contribution is 5.93. The number of aliphatic hydroxyl groups is 1. The van der Waals surface area contributed by atoms with Crippen molar-refractivity contribution in [3.63, 3.8) is 0 Å². The molecule has 3 aromatic carbocycles. The molecule has 10 nitrogen and oxygen atoms in total. The van der Waals surface area contributed by atoms with Crippen molar-refractivity contribution in [3.8, 4) is 11.1 Å². The highest BCUT2D eigenvalue weighted by Gasteiger charge is 2.38. The normalized spacial score (nSPS) is 14.9. The molecule has 256 valence electrons. The molecular weight excluding hydrogens is 610 g/mol. The first-order valence-corrected chi connectivity index (χ1v) is 16.4. The number of nitrogens with zero attached hydrogens (tertiary/aromatic N) is 1. The molecule has 0 bridgehead atoms. The fourth-order valence-corrected chi connectivity index (χ4v) is 6.01. The van der Waals surface area contributed by atoms with Crippen molar-refractivity contribution in [1.29, 1.82) is 0 Å². The Hall–Kier alpha value is -4.70. The summed E-state index contributed by atoms with van der Waals surface area (Å²) in [6.45, 7) is 11.4. The Bertz CT molecular complexity index is 1560. The van der Waals surface area contributed by atoms with Crippen LogP contribution in [-0.4, -0.2) is 70.8 Å². The quantitative estimate of drug-likeness (QED) is 0.224. The number of amides is 3. The number of nitrogens with one attached hydrogen (secondary N) is 2. The van der Waals surface area contributed by atoms with Crippen molar-refractivity contribution >= 4 is 23.9 Å². The third kappa shape index (κ3) is 8.41. The highest BCUT2D eigenvalue weighted by atomic mass is 16.6.